The molecule has 1 aromatic rings. The van der Waals surface area contributed by atoms with Gasteiger partial charge in [0.2, 0.25) is 5.75 Å². The number of benzene rings is 1. The normalized spacial score (nSPS) is 12.0. The molecule has 0 saturated heterocycles. The van der Waals surface area contributed by atoms with E-state index in [0.717, 1.165) is 25.9 Å². The molecule has 1 rings (SSSR count). The molecule has 0 spiro atoms. The van der Waals surface area contributed by atoms with Crippen molar-refractivity contribution in [2.45, 2.75) is 32.1 Å². The van der Waals surface area contributed by atoms with Gasteiger partial charge >= 0.3 is 5.97 Å². The van der Waals surface area contributed by atoms with Crippen molar-refractivity contribution < 1.29 is 23.7 Å². The van der Waals surface area contributed by atoms with Gasteiger partial charge in [-0.25, -0.2) is 4.79 Å². The van der Waals surface area contributed by atoms with Crippen LogP contribution in [0.1, 0.15) is 37.0 Å². The van der Waals surface area contributed by atoms with Crippen LogP contribution in [0.4, 0.5) is 0 Å². The molecule has 0 saturated carbocycles. The second kappa shape index (κ2) is 11.9. The molecule has 7 heteroatoms. The first-order valence-corrected chi connectivity index (χ1v) is 9.23. The summed E-state index contributed by atoms with van der Waals surface area (Å²) in [7, 11) is 4.53. The summed E-state index contributed by atoms with van der Waals surface area (Å²) in [6.07, 6.45) is 2.00. The third kappa shape index (κ3) is 6.92. The van der Waals surface area contributed by atoms with Gasteiger partial charge in [-0.05, 0) is 45.0 Å². The van der Waals surface area contributed by atoms with Crippen molar-refractivity contribution in [2.75, 3.05) is 47.6 Å². The number of carbonyl (C=O) groups excluding carboxylic acids is 1. The molecule has 0 fully saturated rings. The number of hydrogen-bond acceptors (Lipinski definition) is 6. The van der Waals surface area contributed by atoms with Crippen molar-refractivity contribution in [3.05, 3.63) is 17.7 Å². The van der Waals surface area contributed by atoms with Crippen molar-refractivity contribution >= 4 is 17.6 Å². The Morgan fingerprint density at radius 2 is 1.73 bits per heavy atom. The summed E-state index contributed by atoms with van der Waals surface area (Å²) in [5.41, 5.74) is 0.360. The van der Waals surface area contributed by atoms with E-state index in [9.17, 15) is 4.79 Å². The zero-order valence-electron chi connectivity index (χ0n) is 16.3. The van der Waals surface area contributed by atoms with Crippen LogP contribution < -0.4 is 14.2 Å². The van der Waals surface area contributed by atoms with Crippen molar-refractivity contribution in [3.8, 4) is 17.2 Å². The minimum Gasteiger partial charge on any atom is -0.493 e. The average molecular weight is 388 g/mol. The van der Waals surface area contributed by atoms with Crippen molar-refractivity contribution in [1.82, 2.24) is 4.90 Å². The number of rotatable bonds is 12. The molecule has 0 aliphatic carbocycles. The van der Waals surface area contributed by atoms with E-state index in [1.807, 2.05) is 6.92 Å². The summed E-state index contributed by atoms with van der Waals surface area (Å²) in [6.45, 7) is 6.93. The van der Waals surface area contributed by atoms with Gasteiger partial charge in [0.1, 0.15) is 6.61 Å². The summed E-state index contributed by atoms with van der Waals surface area (Å²) in [5.74, 6) is 0.861. The van der Waals surface area contributed by atoms with E-state index in [-0.39, 0.29) is 5.38 Å². The Kier molecular flexibility index (Phi) is 10.2. The van der Waals surface area contributed by atoms with Gasteiger partial charge in [0, 0.05) is 11.9 Å². The molecule has 0 aliphatic rings. The molecule has 0 amide bonds. The van der Waals surface area contributed by atoms with Gasteiger partial charge in [-0.15, -0.1) is 11.6 Å². The van der Waals surface area contributed by atoms with E-state index < -0.39 is 5.97 Å². The van der Waals surface area contributed by atoms with E-state index >= 15 is 0 Å². The highest BCUT2D eigenvalue weighted by atomic mass is 35.5. The number of ether oxygens (including phenoxy) is 4. The van der Waals surface area contributed by atoms with Gasteiger partial charge in [-0.2, -0.15) is 0 Å². The first-order valence-electron chi connectivity index (χ1n) is 8.80. The summed E-state index contributed by atoms with van der Waals surface area (Å²) in [4.78, 5) is 14.6. The fourth-order valence-corrected chi connectivity index (χ4v) is 2.73. The Hall–Kier alpha value is -1.66. The molecule has 0 aliphatic heterocycles. The van der Waals surface area contributed by atoms with E-state index in [4.69, 9.17) is 30.5 Å². The van der Waals surface area contributed by atoms with Crippen LogP contribution in [0.15, 0.2) is 12.1 Å². The van der Waals surface area contributed by atoms with Crippen LogP contribution >= 0.6 is 11.6 Å². The zero-order valence-corrected chi connectivity index (χ0v) is 17.1. The quantitative estimate of drug-likeness (QED) is 0.403. The molecule has 0 radical (unpaired) electrons. The molecule has 0 N–H and O–H groups in total. The predicted molar refractivity (Wildman–Crippen MR) is 103 cm³/mol. The Bertz CT molecular complexity index is 540. The summed E-state index contributed by atoms with van der Waals surface area (Å²) in [5, 5.41) is 0.187. The molecule has 148 valence electrons. The van der Waals surface area contributed by atoms with E-state index in [1.54, 1.807) is 12.1 Å². The van der Waals surface area contributed by atoms with Gasteiger partial charge in [-0.3, -0.25) is 0 Å². The van der Waals surface area contributed by atoms with Gasteiger partial charge in [0.15, 0.2) is 11.5 Å². The largest absolute Gasteiger partial charge is 0.493 e. The second-order valence-electron chi connectivity index (χ2n) is 5.91. The molecule has 26 heavy (non-hydrogen) atoms. The highest BCUT2D eigenvalue weighted by molar-refractivity contribution is 6.20. The molecule has 0 aromatic heterocycles. The topological polar surface area (TPSA) is 57.2 Å². The Morgan fingerprint density at radius 1 is 1.12 bits per heavy atom. The maximum absolute atomic E-state index is 12.3. The van der Waals surface area contributed by atoms with Gasteiger partial charge in [0.25, 0.3) is 0 Å². The summed E-state index contributed by atoms with van der Waals surface area (Å²) >= 11 is 5.97. The smallest absolute Gasteiger partial charge is 0.338 e. The van der Waals surface area contributed by atoms with E-state index in [2.05, 4.69) is 11.8 Å². The number of likely N-dealkylation sites (N-methyl/N-ethyl adjacent to an activating group) is 1. The molecule has 0 heterocycles. The maximum Gasteiger partial charge on any atom is 0.338 e. The minimum absolute atomic E-state index is 0.187. The molecule has 1 atom stereocenters. The Balaban J connectivity index is 2.62. The number of esters is 1. The van der Waals surface area contributed by atoms with Crippen molar-refractivity contribution in [2.24, 2.45) is 0 Å². The van der Waals surface area contributed by atoms with Crippen LogP contribution in [0.25, 0.3) is 0 Å². The summed E-state index contributed by atoms with van der Waals surface area (Å²) in [6, 6.07) is 3.17. The summed E-state index contributed by atoms with van der Waals surface area (Å²) < 4.78 is 21.2. The molecule has 1 aromatic carbocycles. The fourth-order valence-electron chi connectivity index (χ4n) is 2.57. The van der Waals surface area contributed by atoms with Crippen LogP contribution in [-0.4, -0.2) is 63.8 Å². The molecular formula is C19H30ClNO5. The van der Waals surface area contributed by atoms with Crippen LogP contribution in [0.3, 0.4) is 0 Å². The lowest BCUT2D eigenvalue weighted by Gasteiger charge is -2.20. The third-order valence-electron chi connectivity index (χ3n) is 4.06. The number of halogens is 1. The third-order valence-corrected chi connectivity index (χ3v) is 4.28. The maximum atomic E-state index is 12.3. The number of nitrogens with zero attached hydrogens (tertiary/aromatic N) is 1. The standard InChI is InChI=1S/C19H30ClNO5/c1-6-21(9-7-8-14(2)20)10-11-26-19(22)15-12-16(23-3)18(25-5)17(13-15)24-4/h12-14H,6-11H2,1-5H3. The van der Waals surface area contributed by atoms with Gasteiger partial charge < -0.3 is 23.8 Å². The fraction of sp³-hybridized carbons (Fsp3) is 0.632. The van der Waals surface area contributed by atoms with Crippen LogP contribution in [0.2, 0.25) is 0 Å². The molecule has 0 bridgehead atoms. The van der Waals surface area contributed by atoms with Gasteiger partial charge in [-0.1, -0.05) is 6.92 Å². The van der Waals surface area contributed by atoms with Gasteiger partial charge in [0.05, 0.1) is 26.9 Å². The Morgan fingerprint density at radius 3 is 2.19 bits per heavy atom. The van der Waals surface area contributed by atoms with E-state index in [0.29, 0.717) is 36.0 Å². The number of methoxy groups -OCH3 is 3. The zero-order chi connectivity index (χ0) is 19.5. The lowest BCUT2D eigenvalue weighted by Crippen LogP contribution is -2.29. The monoisotopic (exact) mass is 387 g/mol. The van der Waals surface area contributed by atoms with Crippen LogP contribution in [0, 0.1) is 0 Å². The highest BCUT2D eigenvalue weighted by Gasteiger charge is 2.18. The lowest BCUT2D eigenvalue weighted by atomic mass is 10.2. The number of alkyl halides is 1. The highest BCUT2D eigenvalue weighted by Crippen LogP contribution is 2.38. The second-order valence-corrected chi connectivity index (χ2v) is 6.65. The molecule has 1 unspecified atom stereocenters. The number of hydrogen-bond donors (Lipinski definition) is 0. The minimum atomic E-state index is -0.422. The number of carbonyl (C=O) groups is 1. The first-order chi connectivity index (χ1) is 12.5. The Labute approximate surface area is 161 Å². The van der Waals surface area contributed by atoms with Crippen molar-refractivity contribution in [1.29, 1.82) is 0 Å². The first kappa shape index (κ1) is 22.4. The SMILES string of the molecule is CCN(CCCC(C)Cl)CCOC(=O)c1cc(OC)c(OC)c(OC)c1. The predicted octanol–water partition coefficient (Wildman–Crippen LogP) is 3.60. The molecular weight excluding hydrogens is 358 g/mol. The van der Waals surface area contributed by atoms with E-state index in [1.165, 1.54) is 21.3 Å². The van der Waals surface area contributed by atoms with Crippen LogP contribution in [-0.2, 0) is 4.74 Å². The lowest BCUT2D eigenvalue weighted by molar-refractivity contribution is 0.0462. The average Bonchev–Trinajstić information content (AvgIpc) is 2.64. The van der Waals surface area contributed by atoms with Crippen LogP contribution in [0.5, 0.6) is 17.2 Å². The van der Waals surface area contributed by atoms with Crippen molar-refractivity contribution in [3.63, 3.8) is 0 Å². The molecule has 6 nitrogen and oxygen atoms in total.